The summed E-state index contributed by atoms with van der Waals surface area (Å²) in [4.78, 5) is 22.5. The molecule has 0 bridgehead atoms. The fourth-order valence-corrected chi connectivity index (χ4v) is 1.19. The molecule has 1 N–H and O–H groups in total. The molecule has 74 valence electrons. The lowest BCUT2D eigenvalue weighted by atomic mass is 10.3. The highest BCUT2D eigenvalue weighted by Crippen LogP contribution is 2.17. The average Bonchev–Trinajstić information content (AvgIpc) is 2.16. The number of amides is 1. The second-order valence-corrected chi connectivity index (χ2v) is 3.56. The summed E-state index contributed by atoms with van der Waals surface area (Å²) >= 11 is 3.24. The maximum Gasteiger partial charge on any atom is 0.394 e. The smallest absolute Gasteiger partial charge is 0.394 e. The molecule has 0 radical (unpaired) electrons. The Hall–Kier alpha value is -1.36. The summed E-state index contributed by atoms with van der Waals surface area (Å²) in [6, 6.07) is 6.79. The first-order chi connectivity index (χ1) is 6.52. The van der Waals surface area contributed by atoms with Gasteiger partial charge in [0.1, 0.15) is 0 Å². The molecule has 0 saturated carbocycles. The van der Waals surface area contributed by atoms with Crippen molar-refractivity contribution in [3.63, 3.8) is 0 Å². The van der Waals surface area contributed by atoms with Crippen molar-refractivity contribution in [1.82, 2.24) is 0 Å². The Labute approximate surface area is 89.3 Å². The number of carbonyl (C=O) groups is 2. The molecule has 5 heteroatoms. The minimum atomic E-state index is -1.46. The predicted octanol–water partition coefficient (Wildman–Crippen LogP) is 1.50. The number of aliphatic carboxylic acids is 1. The van der Waals surface area contributed by atoms with Crippen LogP contribution in [-0.2, 0) is 9.59 Å². The fourth-order valence-electron chi connectivity index (χ4n) is 0.925. The SMILES string of the molecule is CN(C(=O)C(=O)O)c1ccc(Br)cc1. The summed E-state index contributed by atoms with van der Waals surface area (Å²) < 4.78 is 0.873. The van der Waals surface area contributed by atoms with Crippen LogP contribution in [0.15, 0.2) is 28.7 Å². The predicted molar refractivity (Wildman–Crippen MR) is 55.2 cm³/mol. The quantitative estimate of drug-likeness (QED) is 0.776. The highest BCUT2D eigenvalue weighted by atomic mass is 79.9. The first-order valence-corrected chi connectivity index (χ1v) is 4.58. The molecule has 0 heterocycles. The molecule has 0 aliphatic heterocycles. The zero-order chi connectivity index (χ0) is 10.7. The highest BCUT2D eigenvalue weighted by Gasteiger charge is 2.17. The van der Waals surface area contributed by atoms with Crippen LogP contribution < -0.4 is 4.90 Å². The van der Waals surface area contributed by atoms with E-state index in [1.165, 1.54) is 7.05 Å². The molecule has 1 aromatic carbocycles. The van der Waals surface area contributed by atoms with Gasteiger partial charge in [-0.1, -0.05) is 15.9 Å². The van der Waals surface area contributed by atoms with Gasteiger partial charge in [-0.05, 0) is 24.3 Å². The van der Waals surface area contributed by atoms with E-state index in [2.05, 4.69) is 15.9 Å². The average molecular weight is 258 g/mol. The van der Waals surface area contributed by atoms with Gasteiger partial charge in [-0.25, -0.2) is 4.79 Å². The van der Waals surface area contributed by atoms with Gasteiger partial charge in [-0.2, -0.15) is 0 Å². The summed E-state index contributed by atoms with van der Waals surface area (Å²) in [7, 11) is 1.42. The molecule has 0 unspecified atom stereocenters. The van der Waals surface area contributed by atoms with E-state index in [1.54, 1.807) is 24.3 Å². The number of benzene rings is 1. The number of halogens is 1. The van der Waals surface area contributed by atoms with Crippen LogP contribution in [0.4, 0.5) is 5.69 Å². The van der Waals surface area contributed by atoms with Crippen molar-refractivity contribution in [3.8, 4) is 0 Å². The summed E-state index contributed by atoms with van der Waals surface area (Å²) in [5.41, 5.74) is 0.542. The van der Waals surface area contributed by atoms with Crippen molar-refractivity contribution in [2.75, 3.05) is 11.9 Å². The number of hydrogen-bond donors (Lipinski definition) is 1. The molecule has 14 heavy (non-hydrogen) atoms. The van der Waals surface area contributed by atoms with Crippen LogP contribution in [0, 0.1) is 0 Å². The summed E-state index contributed by atoms with van der Waals surface area (Å²) in [6.45, 7) is 0. The third-order valence-electron chi connectivity index (χ3n) is 1.70. The number of anilines is 1. The molecule has 0 saturated heterocycles. The largest absolute Gasteiger partial charge is 0.474 e. The van der Waals surface area contributed by atoms with E-state index >= 15 is 0 Å². The van der Waals surface area contributed by atoms with E-state index in [-0.39, 0.29) is 0 Å². The molecule has 0 aromatic heterocycles. The summed E-state index contributed by atoms with van der Waals surface area (Å²) in [6.07, 6.45) is 0. The lowest BCUT2D eigenvalue weighted by molar-refractivity contribution is -0.148. The maximum absolute atomic E-state index is 11.0. The fraction of sp³-hybridized carbons (Fsp3) is 0.111. The second kappa shape index (κ2) is 4.23. The van der Waals surface area contributed by atoms with Crippen molar-refractivity contribution >= 4 is 33.5 Å². The van der Waals surface area contributed by atoms with Crippen LogP contribution in [0.25, 0.3) is 0 Å². The molecule has 0 aliphatic carbocycles. The van der Waals surface area contributed by atoms with E-state index in [0.717, 1.165) is 9.37 Å². The Bertz CT molecular complexity index is 361. The zero-order valence-electron chi connectivity index (χ0n) is 7.40. The van der Waals surface area contributed by atoms with Crippen molar-refractivity contribution < 1.29 is 14.7 Å². The molecule has 0 spiro atoms. The van der Waals surface area contributed by atoms with Crippen molar-refractivity contribution in [1.29, 1.82) is 0 Å². The van der Waals surface area contributed by atoms with E-state index in [4.69, 9.17) is 5.11 Å². The normalized spacial score (nSPS) is 9.57. The third kappa shape index (κ3) is 2.32. The number of carbonyl (C=O) groups excluding carboxylic acids is 1. The molecule has 4 nitrogen and oxygen atoms in total. The third-order valence-corrected chi connectivity index (χ3v) is 2.23. The van der Waals surface area contributed by atoms with Gasteiger partial charge >= 0.3 is 11.9 Å². The highest BCUT2D eigenvalue weighted by molar-refractivity contribution is 9.10. The lowest BCUT2D eigenvalue weighted by Crippen LogP contribution is -2.32. The summed E-state index contributed by atoms with van der Waals surface area (Å²) in [5.74, 6) is -2.41. The van der Waals surface area contributed by atoms with Crippen molar-refractivity contribution in [2.45, 2.75) is 0 Å². The Balaban J connectivity index is 2.89. The first kappa shape index (κ1) is 10.7. The Kier molecular flexibility index (Phi) is 3.24. The van der Waals surface area contributed by atoms with Gasteiger partial charge in [0.25, 0.3) is 0 Å². The Morgan fingerprint density at radius 2 is 1.79 bits per heavy atom. The van der Waals surface area contributed by atoms with Gasteiger partial charge in [0.15, 0.2) is 0 Å². The molecule has 0 aliphatic rings. The molecular formula is C9H8BrNO3. The van der Waals surface area contributed by atoms with Gasteiger partial charge in [0.2, 0.25) is 0 Å². The standard InChI is InChI=1S/C9H8BrNO3/c1-11(8(12)9(13)14)7-4-2-6(10)3-5-7/h2-5H,1H3,(H,13,14). The Morgan fingerprint density at radius 1 is 1.29 bits per heavy atom. The van der Waals surface area contributed by atoms with Crippen LogP contribution in [0.2, 0.25) is 0 Å². The van der Waals surface area contributed by atoms with Crippen LogP contribution >= 0.6 is 15.9 Å². The van der Waals surface area contributed by atoms with E-state index in [9.17, 15) is 9.59 Å². The minimum absolute atomic E-state index is 0.542. The van der Waals surface area contributed by atoms with E-state index < -0.39 is 11.9 Å². The number of rotatable bonds is 1. The van der Waals surface area contributed by atoms with E-state index in [0.29, 0.717) is 5.69 Å². The Morgan fingerprint density at radius 3 is 2.21 bits per heavy atom. The molecular weight excluding hydrogens is 250 g/mol. The van der Waals surface area contributed by atoms with Gasteiger partial charge in [0, 0.05) is 17.2 Å². The van der Waals surface area contributed by atoms with Crippen LogP contribution in [-0.4, -0.2) is 24.0 Å². The molecule has 1 aromatic rings. The minimum Gasteiger partial charge on any atom is -0.474 e. The molecule has 0 atom stereocenters. The van der Waals surface area contributed by atoms with Crippen LogP contribution in [0.1, 0.15) is 0 Å². The molecule has 1 rings (SSSR count). The second-order valence-electron chi connectivity index (χ2n) is 2.65. The summed E-state index contributed by atoms with van der Waals surface area (Å²) in [5, 5.41) is 8.47. The van der Waals surface area contributed by atoms with E-state index in [1.807, 2.05) is 0 Å². The molecule has 0 fully saturated rings. The molecule has 1 amide bonds. The first-order valence-electron chi connectivity index (χ1n) is 3.79. The van der Waals surface area contributed by atoms with Gasteiger partial charge in [-0.15, -0.1) is 0 Å². The maximum atomic E-state index is 11.0. The van der Waals surface area contributed by atoms with Gasteiger partial charge < -0.3 is 10.0 Å². The van der Waals surface area contributed by atoms with Crippen molar-refractivity contribution in [3.05, 3.63) is 28.7 Å². The number of nitrogens with zero attached hydrogens (tertiary/aromatic N) is 1. The van der Waals surface area contributed by atoms with Crippen molar-refractivity contribution in [2.24, 2.45) is 0 Å². The zero-order valence-corrected chi connectivity index (χ0v) is 8.98. The monoisotopic (exact) mass is 257 g/mol. The van der Waals surface area contributed by atoms with Gasteiger partial charge in [-0.3, -0.25) is 4.79 Å². The van der Waals surface area contributed by atoms with Crippen LogP contribution in [0.3, 0.4) is 0 Å². The van der Waals surface area contributed by atoms with Gasteiger partial charge in [0.05, 0.1) is 0 Å². The number of carboxylic acid groups (broad SMARTS) is 1. The number of carboxylic acids is 1. The number of hydrogen-bond acceptors (Lipinski definition) is 2. The van der Waals surface area contributed by atoms with Crippen LogP contribution in [0.5, 0.6) is 0 Å². The number of likely N-dealkylation sites (N-methyl/N-ethyl adjacent to an activating group) is 1. The lowest BCUT2D eigenvalue weighted by Gasteiger charge is -2.14. The topological polar surface area (TPSA) is 57.6 Å².